The minimum absolute atomic E-state index is 0.0317. The topological polar surface area (TPSA) is 102 Å². The summed E-state index contributed by atoms with van der Waals surface area (Å²) in [5, 5.41) is 22.6. The molecule has 0 spiro atoms. The largest absolute Gasteiger partial charge is 0.490 e. The van der Waals surface area contributed by atoms with E-state index in [2.05, 4.69) is 29.0 Å². The Kier molecular flexibility index (Phi) is 6.84. The van der Waals surface area contributed by atoms with Gasteiger partial charge in [0.15, 0.2) is 0 Å². The molecule has 1 unspecified atom stereocenters. The Morgan fingerprint density at radius 2 is 1.70 bits per heavy atom. The summed E-state index contributed by atoms with van der Waals surface area (Å²) < 4.78 is 11.2. The summed E-state index contributed by atoms with van der Waals surface area (Å²) in [6.07, 6.45) is -0.0202. The number of hydrogen-bond acceptors (Lipinski definition) is 7. The van der Waals surface area contributed by atoms with E-state index in [1.807, 2.05) is 45.0 Å². The number of aliphatic hydroxyl groups is 2. The highest BCUT2D eigenvalue weighted by Crippen LogP contribution is 2.30. The van der Waals surface area contributed by atoms with Gasteiger partial charge in [0, 0.05) is 22.5 Å². The summed E-state index contributed by atoms with van der Waals surface area (Å²) in [6, 6.07) is 7.79. The third kappa shape index (κ3) is 5.23. The Hall–Kier alpha value is -2.77. The summed E-state index contributed by atoms with van der Waals surface area (Å²) >= 11 is 0. The Morgan fingerprint density at radius 1 is 1.00 bits per heavy atom. The van der Waals surface area contributed by atoms with Crippen LogP contribution in [0.25, 0.3) is 22.8 Å². The first-order valence-electron chi connectivity index (χ1n) is 10.1. The van der Waals surface area contributed by atoms with Crippen LogP contribution >= 0.6 is 0 Å². The van der Waals surface area contributed by atoms with Gasteiger partial charge in [-0.2, -0.15) is 4.98 Å². The summed E-state index contributed by atoms with van der Waals surface area (Å²) in [6.45, 7) is 9.82. The maximum Gasteiger partial charge on any atom is 0.258 e. The lowest BCUT2D eigenvalue weighted by atomic mass is 10.0. The van der Waals surface area contributed by atoms with Crippen LogP contribution < -0.4 is 4.74 Å². The van der Waals surface area contributed by atoms with Crippen molar-refractivity contribution in [2.75, 3.05) is 13.2 Å². The van der Waals surface area contributed by atoms with Crippen molar-refractivity contribution >= 4 is 0 Å². The fourth-order valence-electron chi connectivity index (χ4n) is 3.38. The monoisotopic (exact) mass is 411 g/mol. The Morgan fingerprint density at radius 3 is 2.33 bits per heavy atom. The fraction of sp³-hybridized carbons (Fsp3) is 0.435. The van der Waals surface area contributed by atoms with Gasteiger partial charge >= 0.3 is 0 Å². The predicted molar refractivity (Wildman–Crippen MR) is 114 cm³/mol. The molecule has 0 aliphatic rings. The second-order valence-electron chi connectivity index (χ2n) is 8.10. The molecular weight excluding hydrogens is 382 g/mol. The highest BCUT2D eigenvalue weighted by atomic mass is 16.5. The van der Waals surface area contributed by atoms with E-state index in [1.54, 1.807) is 0 Å². The second-order valence-corrected chi connectivity index (χ2v) is 8.10. The second kappa shape index (κ2) is 9.36. The fourth-order valence-corrected chi connectivity index (χ4v) is 3.38. The van der Waals surface area contributed by atoms with Crippen LogP contribution in [-0.4, -0.2) is 44.7 Å². The number of ether oxygens (including phenoxy) is 1. The summed E-state index contributed by atoms with van der Waals surface area (Å²) in [5.41, 5.74) is 5.40. The average Bonchev–Trinajstić information content (AvgIpc) is 3.16. The molecule has 2 aromatic heterocycles. The first-order valence-corrected chi connectivity index (χ1v) is 10.1. The van der Waals surface area contributed by atoms with Gasteiger partial charge in [-0.25, -0.2) is 0 Å². The van der Waals surface area contributed by atoms with E-state index in [1.165, 1.54) is 0 Å². The minimum atomic E-state index is -0.910. The molecule has 30 heavy (non-hydrogen) atoms. The normalized spacial score (nSPS) is 12.4. The molecule has 0 bridgehead atoms. The lowest BCUT2D eigenvalue weighted by Gasteiger charge is -2.15. The smallest absolute Gasteiger partial charge is 0.258 e. The summed E-state index contributed by atoms with van der Waals surface area (Å²) in [4.78, 5) is 9.19. The van der Waals surface area contributed by atoms with Gasteiger partial charge in [0.1, 0.15) is 18.5 Å². The molecule has 1 atom stereocenters. The lowest BCUT2D eigenvalue weighted by Crippen LogP contribution is -2.21. The number of pyridine rings is 1. The average molecular weight is 412 g/mol. The number of nitrogens with zero attached hydrogens (tertiary/aromatic N) is 3. The third-order valence-electron chi connectivity index (χ3n) is 4.65. The number of benzene rings is 1. The van der Waals surface area contributed by atoms with Crippen LogP contribution in [0.1, 0.15) is 36.4 Å². The van der Waals surface area contributed by atoms with Crippen LogP contribution in [0.15, 0.2) is 28.8 Å². The lowest BCUT2D eigenvalue weighted by molar-refractivity contribution is 0.0532. The molecule has 2 N–H and O–H groups in total. The minimum Gasteiger partial charge on any atom is -0.490 e. The predicted octanol–water partition coefficient (Wildman–Crippen LogP) is 3.65. The van der Waals surface area contributed by atoms with Crippen LogP contribution in [0.4, 0.5) is 0 Å². The number of aryl methyl sites for hydroxylation is 3. The molecule has 0 saturated carbocycles. The molecule has 7 nitrogen and oxygen atoms in total. The number of aromatic nitrogens is 3. The standard InChI is InChI=1S/C23H29N3O4/c1-13(2)6-19-10-18(9-16(5)24-19)23-25-22(26-30-23)17-7-14(3)21(15(4)8-17)29-12-20(28)11-27/h7-10,13,20,27-28H,6,11-12H2,1-5H3. The van der Waals surface area contributed by atoms with Crippen LogP contribution in [-0.2, 0) is 6.42 Å². The van der Waals surface area contributed by atoms with Crippen molar-refractivity contribution in [2.24, 2.45) is 5.92 Å². The van der Waals surface area contributed by atoms with E-state index >= 15 is 0 Å². The third-order valence-corrected chi connectivity index (χ3v) is 4.65. The van der Waals surface area contributed by atoms with Crippen LogP contribution in [0.2, 0.25) is 0 Å². The van der Waals surface area contributed by atoms with Gasteiger partial charge in [0.2, 0.25) is 5.82 Å². The number of aliphatic hydroxyl groups excluding tert-OH is 2. The number of hydrogen-bond donors (Lipinski definition) is 2. The molecule has 3 aromatic rings. The molecule has 1 aromatic carbocycles. The molecule has 160 valence electrons. The van der Waals surface area contributed by atoms with Crippen LogP contribution in [0, 0.1) is 26.7 Å². The Labute approximate surface area is 176 Å². The highest BCUT2D eigenvalue weighted by molar-refractivity contribution is 5.63. The molecule has 0 radical (unpaired) electrons. The molecule has 2 heterocycles. The van der Waals surface area contributed by atoms with Crippen molar-refractivity contribution in [1.29, 1.82) is 0 Å². The van der Waals surface area contributed by atoms with Gasteiger partial charge in [0.25, 0.3) is 5.89 Å². The Bertz CT molecular complexity index is 990. The molecule has 0 fully saturated rings. The Balaban J connectivity index is 1.87. The quantitative estimate of drug-likeness (QED) is 0.583. The van der Waals surface area contributed by atoms with Gasteiger partial charge in [-0.3, -0.25) is 4.98 Å². The van der Waals surface area contributed by atoms with E-state index in [4.69, 9.17) is 14.4 Å². The van der Waals surface area contributed by atoms with Gasteiger partial charge in [-0.05, 0) is 68.5 Å². The van der Waals surface area contributed by atoms with Crippen molar-refractivity contribution in [2.45, 2.75) is 47.1 Å². The zero-order valence-corrected chi connectivity index (χ0v) is 18.1. The van der Waals surface area contributed by atoms with Crippen molar-refractivity contribution in [3.63, 3.8) is 0 Å². The molecular formula is C23H29N3O4. The first-order chi connectivity index (χ1) is 14.3. The molecule has 0 amide bonds. The van der Waals surface area contributed by atoms with Crippen molar-refractivity contribution < 1.29 is 19.5 Å². The van der Waals surface area contributed by atoms with Gasteiger partial charge in [0.05, 0.1) is 6.61 Å². The van der Waals surface area contributed by atoms with Crippen molar-refractivity contribution in [1.82, 2.24) is 15.1 Å². The zero-order valence-electron chi connectivity index (χ0n) is 18.1. The SMILES string of the molecule is Cc1cc(-c2nc(-c3cc(C)c(OCC(O)CO)c(C)c3)no2)cc(CC(C)C)n1. The molecule has 0 aliphatic carbocycles. The van der Waals surface area contributed by atoms with E-state index in [0.29, 0.717) is 23.4 Å². The van der Waals surface area contributed by atoms with E-state index < -0.39 is 6.10 Å². The first kappa shape index (κ1) is 21.9. The summed E-state index contributed by atoms with van der Waals surface area (Å²) in [5.74, 6) is 2.15. The molecule has 0 aliphatic heterocycles. The van der Waals surface area contributed by atoms with Crippen molar-refractivity contribution in [3.05, 3.63) is 46.8 Å². The molecule has 7 heteroatoms. The van der Waals surface area contributed by atoms with Gasteiger partial charge in [-0.15, -0.1) is 0 Å². The van der Waals surface area contributed by atoms with Gasteiger partial charge < -0.3 is 19.5 Å². The molecule has 0 saturated heterocycles. The zero-order chi connectivity index (χ0) is 21.8. The van der Waals surface area contributed by atoms with Crippen LogP contribution in [0.3, 0.4) is 0 Å². The van der Waals surface area contributed by atoms with E-state index in [9.17, 15) is 5.11 Å². The highest BCUT2D eigenvalue weighted by Gasteiger charge is 2.16. The number of rotatable bonds is 8. The van der Waals surface area contributed by atoms with E-state index in [0.717, 1.165) is 40.1 Å². The molecule has 3 rings (SSSR count). The summed E-state index contributed by atoms with van der Waals surface area (Å²) in [7, 11) is 0. The maximum absolute atomic E-state index is 9.52. The van der Waals surface area contributed by atoms with E-state index in [-0.39, 0.29) is 13.2 Å². The van der Waals surface area contributed by atoms with Crippen molar-refractivity contribution in [3.8, 4) is 28.6 Å². The van der Waals surface area contributed by atoms with Gasteiger partial charge in [-0.1, -0.05) is 19.0 Å². The maximum atomic E-state index is 9.52. The van der Waals surface area contributed by atoms with Crippen LogP contribution in [0.5, 0.6) is 5.75 Å².